The molecule has 0 aromatic carbocycles. The topological polar surface area (TPSA) is 60.2 Å². The van der Waals surface area contributed by atoms with Gasteiger partial charge in [0.15, 0.2) is 5.69 Å². The van der Waals surface area contributed by atoms with Gasteiger partial charge in [-0.3, -0.25) is 14.4 Å². The van der Waals surface area contributed by atoms with Crippen molar-refractivity contribution in [1.82, 2.24) is 14.8 Å². The van der Waals surface area contributed by atoms with E-state index in [9.17, 15) is 4.79 Å². The summed E-state index contributed by atoms with van der Waals surface area (Å²) in [5, 5.41) is 4.59. The Morgan fingerprint density at radius 2 is 2.04 bits per heavy atom. The third kappa shape index (κ3) is 2.88. The van der Waals surface area contributed by atoms with Gasteiger partial charge in [-0.05, 0) is 44.4 Å². The summed E-state index contributed by atoms with van der Waals surface area (Å²) in [6, 6.07) is 4.14. The van der Waals surface area contributed by atoms with Crippen LogP contribution in [0.2, 0.25) is 0 Å². The first kappa shape index (κ1) is 16.5. The predicted octanol–water partition coefficient (Wildman–Crippen LogP) is 3.30. The number of aryl methyl sites for hydroxylation is 2. The van der Waals surface area contributed by atoms with Gasteiger partial charge in [-0.15, -0.1) is 0 Å². The first-order valence-electron chi connectivity index (χ1n) is 8.52. The molecule has 1 aliphatic heterocycles. The molecule has 0 bridgehead atoms. The summed E-state index contributed by atoms with van der Waals surface area (Å²) in [4.78, 5) is 19.0. The van der Waals surface area contributed by atoms with E-state index in [4.69, 9.17) is 4.74 Å². The molecule has 0 radical (unpaired) electrons. The minimum Gasteiger partial charge on any atom is -0.474 e. The summed E-state index contributed by atoms with van der Waals surface area (Å²) in [6.45, 7) is 9.19. The molecule has 2 aromatic heterocycles. The van der Waals surface area contributed by atoms with E-state index < -0.39 is 0 Å². The second kappa shape index (κ2) is 6.63. The monoisotopic (exact) mass is 328 g/mol. The number of aromatic nitrogens is 3. The Bertz CT molecular complexity index is 749. The Morgan fingerprint density at radius 3 is 2.75 bits per heavy atom. The van der Waals surface area contributed by atoms with E-state index in [0.717, 1.165) is 29.8 Å². The van der Waals surface area contributed by atoms with Gasteiger partial charge < -0.3 is 4.74 Å². The molecule has 0 saturated heterocycles. The second-order valence-corrected chi connectivity index (χ2v) is 6.23. The van der Waals surface area contributed by atoms with Crippen molar-refractivity contribution in [1.29, 1.82) is 0 Å². The van der Waals surface area contributed by atoms with Crippen molar-refractivity contribution in [2.45, 2.75) is 46.6 Å². The summed E-state index contributed by atoms with van der Waals surface area (Å²) in [5.74, 6) is 0.413. The van der Waals surface area contributed by atoms with Gasteiger partial charge in [0.1, 0.15) is 12.3 Å². The molecule has 6 nitrogen and oxygen atoms in total. The van der Waals surface area contributed by atoms with Crippen LogP contribution in [0.3, 0.4) is 0 Å². The number of ether oxygens (including phenoxy) is 1. The number of carbonyl (C=O) groups excluding carboxylic acids is 1. The highest BCUT2D eigenvalue weighted by Crippen LogP contribution is 2.31. The first-order valence-corrected chi connectivity index (χ1v) is 8.52. The van der Waals surface area contributed by atoms with Gasteiger partial charge in [0, 0.05) is 11.9 Å². The predicted molar refractivity (Wildman–Crippen MR) is 92.7 cm³/mol. The van der Waals surface area contributed by atoms with Gasteiger partial charge >= 0.3 is 0 Å². The van der Waals surface area contributed by atoms with Crippen molar-refractivity contribution in [2.75, 3.05) is 18.1 Å². The van der Waals surface area contributed by atoms with Crippen LogP contribution < -0.4 is 9.64 Å². The molecule has 128 valence electrons. The zero-order chi connectivity index (χ0) is 17.3. The van der Waals surface area contributed by atoms with E-state index in [-0.39, 0.29) is 5.91 Å². The average Bonchev–Trinajstić information content (AvgIpc) is 2.97. The molecule has 0 N–H and O–H groups in total. The van der Waals surface area contributed by atoms with Gasteiger partial charge in [0.25, 0.3) is 5.91 Å². The van der Waals surface area contributed by atoms with Crippen LogP contribution in [0.25, 0.3) is 0 Å². The molecule has 0 saturated carbocycles. The first-order chi connectivity index (χ1) is 11.5. The summed E-state index contributed by atoms with van der Waals surface area (Å²) < 4.78 is 7.54. The van der Waals surface area contributed by atoms with Gasteiger partial charge in [-0.2, -0.15) is 5.10 Å². The number of amides is 1. The molecule has 2 aromatic rings. The van der Waals surface area contributed by atoms with Gasteiger partial charge in [0.05, 0.1) is 12.6 Å². The molecule has 1 amide bonds. The standard InChI is InChI=1S/C18H24N4O2/c1-5-14(6-2)22-13(4)10-15(20-22)18(23)21-7-8-24-17-16(21)9-12(3)11-19-17/h9-11,14H,5-8H2,1-4H3. The molecule has 0 atom stereocenters. The van der Waals surface area contributed by atoms with Crippen molar-refractivity contribution < 1.29 is 9.53 Å². The number of pyridine rings is 1. The van der Waals surface area contributed by atoms with Crippen molar-refractivity contribution in [2.24, 2.45) is 0 Å². The molecule has 6 heteroatoms. The molecule has 0 unspecified atom stereocenters. The van der Waals surface area contributed by atoms with E-state index in [1.54, 1.807) is 11.1 Å². The molecule has 0 fully saturated rings. The van der Waals surface area contributed by atoms with Crippen molar-refractivity contribution >= 4 is 11.6 Å². The Balaban J connectivity index is 1.94. The lowest BCUT2D eigenvalue weighted by Gasteiger charge is -2.28. The Kier molecular flexibility index (Phi) is 4.55. The third-order valence-electron chi connectivity index (χ3n) is 4.49. The van der Waals surface area contributed by atoms with Crippen LogP contribution in [0, 0.1) is 13.8 Å². The fraction of sp³-hybridized carbons (Fsp3) is 0.500. The number of rotatable bonds is 4. The van der Waals surface area contributed by atoms with E-state index in [2.05, 4.69) is 23.9 Å². The minimum absolute atomic E-state index is 0.0974. The SMILES string of the molecule is CCC(CC)n1nc(C(=O)N2CCOc3ncc(C)cc32)cc1C. The second-order valence-electron chi connectivity index (χ2n) is 6.23. The highest BCUT2D eigenvalue weighted by molar-refractivity contribution is 6.05. The Morgan fingerprint density at radius 1 is 1.29 bits per heavy atom. The molecular weight excluding hydrogens is 304 g/mol. The van der Waals surface area contributed by atoms with E-state index in [0.29, 0.717) is 30.8 Å². The average molecular weight is 328 g/mol. The fourth-order valence-electron chi connectivity index (χ4n) is 3.15. The molecule has 1 aliphatic rings. The van der Waals surface area contributed by atoms with Crippen LogP contribution in [0.1, 0.15) is 54.5 Å². The van der Waals surface area contributed by atoms with Crippen LogP contribution in [0.15, 0.2) is 18.3 Å². The van der Waals surface area contributed by atoms with Crippen molar-refractivity contribution in [3.63, 3.8) is 0 Å². The Hall–Kier alpha value is -2.37. The lowest BCUT2D eigenvalue weighted by Crippen LogP contribution is -2.38. The summed E-state index contributed by atoms with van der Waals surface area (Å²) in [5.41, 5.74) is 3.22. The van der Waals surface area contributed by atoms with Crippen molar-refractivity contribution in [3.8, 4) is 5.88 Å². The number of anilines is 1. The maximum atomic E-state index is 13.0. The number of nitrogens with zero attached hydrogens (tertiary/aromatic N) is 4. The fourth-order valence-corrected chi connectivity index (χ4v) is 3.15. The molecule has 0 spiro atoms. The summed E-state index contributed by atoms with van der Waals surface area (Å²) >= 11 is 0. The van der Waals surface area contributed by atoms with Crippen LogP contribution in [0.4, 0.5) is 5.69 Å². The van der Waals surface area contributed by atoms with E-state index >= 15 is 0 Å². The van der Waals surface area contributed by atoms with Crippen LogP contribution in [-0.2, 0) is 0 Å². The van der Waals surface area contributed by atoms with Crippen LogP contribution >= 0.6 is 0 Å². The zero-order valence-corrected chi connectivity index (χ0v) is 14.7. The normalized spacial score (nSPS) is 13.8. The summed E-state index contributed by atoms with van der Waals surface area (Å²) in [7, 11) is 0. The highest BCUT2D eigenvalue weighted by atomic mass is 16.5. The molecule has 3 heterocycles. The molecule has 0 aliphatic carbocycles. The minimum atomic E-state index is -0.0974. The third-order valence-corrected chi connectivity index (χ3v) is 4.49. The van der Waals surface area contributed by atoms with Crippen LogP contribution in [-0.4, -0.2) is 33.8 Å². The zero-order valence-electron chi connectivity index (χ0n) is 14.7. The molecule has 24 heavy (non-hydrogen) atoms. The van der Waals surface area contributed by atoms with E-state index in [1.165, 1.54) is 0 Å². The van der Waals surface area contributed by atoms with Crippen LogP contribution in [0.5, 0.6) is 5.88 Å². The number of hydrogen-bond donors (Lipinski definition) is 0. The lowest BCUT2D eigenvalue weighted by molar-refractivity contribution is 0.0969. The number of fused-ring (bicyclic) bond motifs is 1. The number of hydrogen-bond acceptors (Lipinski definition) is 4. The smallest absolute Gasteiger partial charge is 0.279 e. The quantitative estimate of drug-likeness (QED) is 0.864. The van der Waals surface area contributed by atoms with Gasteiger partial charge in [-0.25, -0.2) is 4.98 Å². The van der Waals surface area contributed by atoms with Crippen molar-refractivity contribution in [3.05, 3.63) is 35.3 Å². The number of carbonyl (C=O) groups is 1. The molecule has 3 rings (SSSR count). The molecular formula is C18H24N4O2. The van der Waals surface area contributed by atoms with Gasteiger partial charge in [0.2, 0.25) is 5.88 Å². The summed E-state index contributed by atoms with van der Waals surface area (Å²) in [6.07, 6.45) is 3.74. The largest absolute Gasteiger partial charge is 0.474 e. The van der Waals surface area contributed by atoms with Gasteiger partial charge in [-0.1, -0.05) is 13.8 Å². The maximum absolute atomic E-state index is 13.0. The van der Waals surface area contributed by atoms with E-state index in [1.807, 2.05) is 30.7 Å². The highest BCUT2D eigenvalue weighted by Gasteiger charge is 2.28. The Labute approximate surface area is 142 Å². The maximum Gasteiger partial charge on any atom is 0.279 e. The lowest BCUT2D eigenvalue weighted by atomic mass is 10.2.